The molecular formula is C25H19BrF2O3. The Morgan fingerprint density at radius 3 is 2.10 bits per heavy atom. The van der Waals surface area contributed by atoms with Gasteiger partial charge >= 0.3 is 0 Å². The van der Waals surface area contributed by atoms with Crippen molar-refractivity contribution in [2.45, 2.75) is 10.4 Å². The summed E-state index contributed by atoms with van der Waals surface area (Å²) in [6.45, 7) is 0. The first-order chi connectivity index (χ1) is 15.0. The third-order valence-corrected chi connectivity index (χ3v) is 5.87. The van der Waals surface area contributed by atoms with Crippen LogP contribution in [0.1, 0.15) is 5.56 Å². The van der Waals surface area contributed by atoms with Gasteiger partial charge in [0.2, 0.25) is 0 Å². The van der Waals surface area contributed by atoms with Crippen LogP contribution >= 0.6 is 15.9 Å². The highest BCUT2D eigenvalue weighted by Crippen LogP contribution is 2.45. The maximum absolute atomic E-state index is 13.5. The molecule has 2 atom stereocenters. The lowest BCUT2D eigenvalue weighted by atomic mass is 9.85. The van der Waals surface area contributed by atoms with Crippen LogP contribution in [0.25, 0.3) is 0 Å². The minimum absolute atomic E-state index is 0.290. The summed E-state index contributed by atoms with van der Waals surface area (Å²) in [6, 6.07) is 19.0. The van der Waals surface area contributed by atoms with Gasteiger partial charge in [0.05, 0.1) is 11.9 Å². The van der Waals surface area contributed by atoms with Crippen molar-refractivity contribution in [1.82, 2.24) is 0 Å². The molecule has 3 aromatic rings. The second-order valence-corrected chi connectivity index (χ2v) is 7.90. The molecule has 31 heavy (non-hydrogen) atoms. The van der Waals surface area contributed by atoms with Crippen LogP contribution in [0.15, 0.2) is 96.8 Å². The van der Waals surface area contributed by atoms with Crippen LogP contribution in [0.3, 0.4) is 0 Å². The van der Waals surface area contributed by atoms with Gasteiger partial charge in [0, 0.05) is 11.6 Å². The zero-order valence-corrected chi connectivity index (χ0v) is 18.2. The van der Waals surface area contributed by atoms with Crippen molar-refractivity contribution in [2.24, 2.45) is 0 Å². The molecule has 0 N–H and O–H groups in total. The normalized spacial score (nSPS) is 20.1. The Morgan fingerprint density at radius 2 is 1.45 bits per heavy atom. The first-order valence-electron chi connectivity index (χ1n) is 9.57. The predicted octanol–water partition coefficient (Wildman–Crippen LogP) is 6.90. The van der Waals surface area contributed by atoms with Crippen molar-refractivity contribution in [1.29, 1.82) is 0 Å². The van der Waals surface area contributed by atoms with E-state index in [0.29, 0.717) is 28.6 Å². The van der Waals surface area contributed by atoms with E-state index in [9.17, 15) is 8.78 Å². The summed E-state index contributed by atoms with van der Waals surface area (Å²) in [7, 11) is 1.58. The van der Waals surface area contributed by atoms with Crippen LogP contribution in [0.2, 0.25) is 0 Å². The second-order valence-electron chi connectivity index (χ2n) is 6.91. The smallest absolute Gasteiger partial charge is 0.175 e. The van der Waals surface area contributed by atoms with Crippen molar-refractivity contribution < 1.29 is 23.0 Å². The minimum Gasteiger partial charge on any atom is -0.497 e. The van der Waals surface area contributed by atoms with Crippen LogP contribution in [-0.4, -0.2) is 11.9 Å². The minimum atomic E-state index is -1.06. The zero-order chi connectivity index (χ0) is 21.8. The SMILES string of the molecule is COC1=C[C@](Oc2ccc(F)cc2)(c2ccccc2Oc2ccc(F)cc2)C(Br)C=C1. The summed E-state index contributed by atoms with van der Waals surface area (Å²) in [5, 5.41) is 0. The molecule has 0 fully saturated rings. The third-order valence-electron chi connectivity index (χ3n) is 4.88. The Morgan fingerprint density at radius 1 is 0.839 bits per heavy atom. The molecule has 3 nitrogen and oxygen atoms in total. The van der Waals surface area contributed by atoms with Crippen LogP contribution < -0.4 is 9.47 Å². The summed E-state index contributed by atoms with van der Waals surface area (Å²) in [6.07, 6.45) is 5.61. The number of hydrogen-bond donors (Lipinski definition) is 0. The number of allylic oxidation sites excluding steroid dienone is 1. The Balaban J connectivity index is 1.82. The number of halogens is 3. The molecule has 0 amide bonds. The van der Waals surface area contributed by atoms with Gasteiger partial charge in [-0.05, 0) is 60.7 Å². The third kappa shape index (κ3) is 4.49. The van der Waals surface area contributed by atoms with E-state index in [4.69, 9.17) is 14.2 Å². The number of hydrogen-bond acceptors (Lipinski definition) is 3. The summed E-state index contributed by atoms with van der Waals surface area (Å²) in [4.78, 5) is -0.290. The average molecular weight is 485 g/mol. The Kier molecular flexibility index (Phi) is 6.09. The van der Waals surface area contributed by atoms with Gasteiger partial charge in [-0.1, -0.05) is 40.2 Å². The molecule has 0 aliphatic heterocycles. The maximum atomic E-state index is 13.5. The fraction of sp³-hybridized carbons (Fsp3) is 0.120. The Hall–Kier alpha value is -3.12. The molecule has 1 unspecified atom stereocenters. The van der Waals surface area contributed by atoms with E-state index in [1.165, 1.54) is 24.3 Å². The van der Waals surface area contributed by atoms with E-state index in [1.807, 2.05) is 42.5 Å². The molecule has 0 spiro atoms. The van der Waals surface area contributed by atoms with Crippen molar-refractivity contribution in [3.63, 3.8) is 0 Å². The van der Waals surface area contributed by atoms with E-state index in [1.54, 1.807) is 31.4 Å². The molecule has 0 radical (unpaired) electrons. The molecule has 0 saturated carbocycles. The molecule has 6 heteroatoms. The van der Waals surface area contributed by atoms with Gasteiger partial charge in [-0.25, -0.2) is 8.78 Å². The van der Waals surface area contributed by atoms with Gasteiger partial charge in [-0.3, -0.25) is 0 Å². The van der Waals surface area contributed by atoms with Gasteiger partial charge in [0.25, 0.3) is 0 Å². The first-order valence-corrected chi connectivity index (χ1v) is 10.5. The van der Waals surface area contributed by atoms with Gasteiger partial charge in [0.15, 0.2) is 5.60 Å². The molecule has 3 aromatic carbocycles. The molecule has 1 aliphatic carbocycles. The van der Waals surface area contributed by atoms with E-state index in [2.05, 4.69) is 15.9 Å². The first kappa shape index (κ1) is 21.1. The fourth-order valence-electron chi connectivity index (χ4n) is 3.36. The summed E-state index contributed by atoms with van der Waals surface area (Å²) in [5.41, 5.74) is -0.349. The zero-order valence-electron chi connectivity index (χ0n) is 16.6. The number of para-hydroxylation sites is 1. The second kappa shape index (κ2) is 8.94. The van der Waals surface area contributed by atoms with Gasteiger partial charge in [-0.2, -0.15) is 0 Å². The standard InChI is InChI=1S/C25H19BrF2O3/c1-29-21-14-15-24(26)25(16-21,31-20-12-8-18(28)9-13-20)22-4-2-3-5-23(22)30-19-10-6-17(27)7-11-19/h2-16,24H,1H3/t24?,25-/m0/s1. The lowest BCUT2D eigenvalue weighted by Gasteiger charge is -2.38. The summed E-state index contributed by atoms with van der Waals surface area (Å²) >= 11 is 3.72. The molecule has 0 aromatic heterocycles. The lowest BCUT2D eigenvalue weighted by Crippen LogP contribution is -2.41. The number of rotatable bonds is 6. The van der Waals surface area contributed by atoms with Gasteiger partial charge < -0.3 is 14.2 Å². The highest BCUT2D eigenvalue weighted by Gasteiger charge is 2.43. The molecule has 158 valence electrons. The van der Waals surface area contributed by atoms with Crippen LogP contribution in [0.5, 0.6) is 17.2 Å². The topological polar surface area (TPSA) is 27.7 Å². The molecule has 4 rings (SSSR count). The number of benzene rings is 3. The molecule has 0 heterocycles. The van der Waals surface area contributed by atoms with Crippen LogP contribution in [0, 0.1) is 11.6 Å². The van der Waals surface area contributed by atoms with E-state index in [0.717, 1.165) is 0 Å². The van der Waals surface area contributed by atoms with Crippen molar-refractivity contribution in [2.75, 3.05) is 7.11 Å². The molecule has 1 aliphatic rings. The van der Waals surface area contributed by atoms with Crippen molar-refractivity contribution in [3.05, 3.63) is 114 Å². The quantitative estimate of drug-likeness (QED) is 0.356. The predicted molar refractivity (Wildman–Crippen MR) is 119 cm³/mol. The Labute approximate surface area is 187 Å². The average Bonchev–Trinajstić information content (AvgIpc) is 2.79. The van der Waals surface area contributed by atoms with Gasteiger partial charge in [-0.15, -0.1) is 0 Å². The van der Waals surface area contributed by atoms with Crippen LogP contribution in [0.4, 0.5) is 8.78 Å². The lowest BCUT2D eigenvalue weighted by molar-refractivity contribution is 0.118. The van der Waals surface area contributed by atoms with Crippen molar-refractivity contribution >= 4 is 15.9 Å². The van der Waals surface area contributed by atoms with Gasteiger partial charge in [0.1, 0.15) is 34.6 Å². The van der Waals surface area contributed by atoms with Crippen LogP contribution in [-0.2, 0) is 10.3 Å². The van der Waals surface area contributed by atoms with E-state index < -0.39 is 5.60 Å². The molecule has 0 bridgehead atoms. The highest BCUT2D eigenvalue weighted by molar-refractivity contribution is 9.09. The Bertz CT molecular complexity index is 1110. The summed E-state index contributed by atoms with van der Waals surface area (Å²) < 4.78 is 44.8. The summed E-state index contributed by atoms with van der Waals surface area (Å²) in [5.74, 6) is 1.40. The largest absolute Gasteiger partial charge is 0.497 e. The number of alkyl halides is 1. The number of ether oxygens (including phenoxy) is 3. The molecule has 0 saturated heterocycles. The number of methoxy groups -OCH3 is 1. The highest BCUT2D eigenvalue weighted by atomic mass is 79.9. The molecular weight excluding hydrogens is 466 g/mol. The monoisotopic (exact) mass is 484 g/mol. The fourth-order valence-corrected chi connectivity index (χ4v) is 3.99. The van der Waals surface area contributed by atoms with E-state index in [-0.39, 0.29) is 16.5 Å². The maximum Gasteiger partial charge on any atom is 0.175 e. The van der Waals surface area contributed by atoms with Crippen molar-refractivity contribution in [3.8, 4) is 17.2 Å². The van der Waals surface area contributed by atoms with E-state index >= 15 is 0 Å².